The normalized spacial score (nSPS) is 11.8. The van der Waals surface area contributed by atoms with Gasteiger partial charge in [-0.3, -0.25) is 9.59 Å². The molecule has 0 fully saturated rings. The smallest absolute Gasteiger partial charge is 0.336 e. The van der Waals surface area contributed by atoms with E-state index in [9.17, 15) is 35.9 Å². The van der Waals surface area contributed by atoms with Crippen LogP contribution in [0, 0.1) is 17.5 Å². The third-order valence-corrected chi connectivity index (χ3v) is 8.77. The fraction of sp³-hybridized carbons (Fsp3) is 0.289. The maximum atomic E-state index is 14.5. The van der Waals surface area contributed by atoms with Gasteiger partial charge in [0.05, 0.1) is 16.5 Å². The minimum Gasteiger partial charge on any atom is -0.336 e. The number of aromatic nitrogens is 2. The number of carbonyl (C=O) groups excluding carboxylic acids is 1. The predicted octanol–water partition coefficient (Wildman–Crippen LogP) is 7.66. The van der Waals surface area contributed by atoms with Crippen molar-refractivity contribution in [3.8, 4) is 11.1 Å². The molecule has 5 aromatic rings. The lowest BCUT2D eigenvalue weighted by Crippen LogP contribution is -2.40. The topological polar surface area (TPSA) is 58.4 Å². The summed E-state index contributed by atoms with van der Waals surface area (Å²) in [6, 6.07) is 19.5. The Hall–Kier alpha value is -4.97. The molecule has 1 amide bonds. The molecule has 12 heteroatoms. The van der Waals surface area contributed by atoms with Crippen molar-refractivity contribution in [1.29, 1.82) is 0 Å². The molecule has 0 spiro atoms. The second-order valence-electron chi connectivity index (χ2n) is 11.9. The number of alkyl halides is 3. The van der Waals surface area contributed by atoms with Gasteiger partial charge >= 0.3 is 6.18 Å². The van der Waals surface area contributed by atoms with Crippen LogP contribution in [0.5, 0.6) is 0 Å². The van der Waals surface area contributed by atoms with E-state index in [0.29, 0.717) is 24.2 Å². The Morgan fingerprint density at radius 3 is 2.12 bits per heavy atom. The molecule has 5 rings (SSSR count). The molecule has 0 N–H and O–H groups in total. The van der Waals surface area contributed by atoms with Crippen LogP contribution < -0.4 is 5.56 Å². The maximum Gasteiger partial charge on any atom is 0.416 e. The van der Waals surface area contributed by atoms with Crippen LogP contribution in [0.1, 0.15) is 36.4 Å². The Balaban J connectivity index is 1.44. The Kier molecular flexibility index (Phi) is 11.4. The van der Waals surface area contributed by atoms with Gasteiger partial charge in [-0.1, -0.05) is 62.4 Å². The number of hydrogen-bond acceptors (Lipinski definition) is 4. The van der Waals surface area contributed by atoms with E-state index in [1.807, 2.05) is 26.0 Å². The summed E-state index contributed by atoms with van der Waals surface area (Å²) in [7, 11) is 0. The van der Waals surface area contributed by atoms with Gasteiger partial charge in [0, 0.05) is 26.1 Å². The van der Waals surface area contributed by atoms with E-state index < -0.39 is 34.8 Å². The molecule has 0 saturated heterocycles. The molecule has 0 bridgehead atoms. The third kappa shape index (κ3) is 8.60. The van der Waals surface area contributed by atoms with Crippen molar-refractivity contribution in [3.05, 3.63) is 135 Å². The lowest BCUT2D eigenvalue weighted by atomic mass is 10.0. The van der Waals surface area contributed by atoms with Gasteiger partial charge in [0.15, 0.2) is 11.6 Å². The molecule has 1 aromatic heterocycles. The van der Waals surface area contributed by atoms with E-state index in [1.54, 1.807) is 17.0 Å². The zero-order valence-corrected chi connectivity index (χ0v) is 27.6. The van der Waals surface area contributed by atoms with E-state index in [1.165, 1.54) is 41.0 Å². The van der Waals surface area contributed by atoms with Crippen LogP contribution in [0.2, 0.25) is 0 Å². The predicted molar refractivity (Wildman–Crippen MR) is 180 cm³/mol. The summed E-state index contributed by atoms with van der Waals surface area (Å²) in [5, 5.41) is -0.0213. The lowest BCUT2D eigenvalue weighted by Gasteiger charge is -2.28. The van der Waals surface area contributed by atoms with Gasteiger partial charge in [0.1, 0.15) is 18.2 Å². The molecule has 0 aliphatic heterocycles. The van der Waals surface area contributed by atoms with E-state index in [-0.39, 0.29) is 54.1 Å². The molecule has 1 heterocycles. The lowest BCUT2D eigenvalue weighted by molar-refractivity contribution is -0.137. The van der Waals surface area contributed by atoms with Crippen molar-refractivity contribution in [2.45, 2.75) is 46.0 Å². The highest BCUT2D eigenvalue weighted by molar-refractivity contribution is 5.82. The van der Waals surface area contributed by atoms with Crippen molar-refractivity contribution >= 4 is 16.8 Å². The molecule has 4 aromatic carbocycles. The fourth-order valence-corrected chi connectivity index (χ4v) is 5.85. The number of carbonyl (C=O) groups is 1. The summed E-state index contributed by atoms with van der Waals surface area (Å²) >= 11 is 0. The number of likely N-dealkylation sites (N-methyl/N-ethyl adjacent to an activating group) is 1. The molecule has 0 aliphatic carbocycles. The molecule has 0 atom stereocenters. The first-order chi connectivity index (χ1) is 23.9. The van der Waals surface area contributed by atoms with Crippen molar-refractivity contribution < 1.29 is 31.1 Å². The first-order valence-electron chi connectivity index (χ1n) is 16.3. The average molecular weight is 695 g/mol. The molecule has 262 valence electrons. The number of rotatable bonds is 13. The van der Waals surface area contributed by atoms with Crippen LogP contribution in [0.15, 0.2) is 89.7 Å². The van der Waals surface area contributed by atoms with Gasteiger partial charge < -0.3 is 14.4 Å². The SMILES string of the molecule is CCN(CC)CCN(Cc1ccc(-c2ccc(C(F)(F)F)cc2)cc1)C(=O)Cn1c(CCc2cccc(F)c2F)nc(=O)c2cc(F)ccc21. The van der Waals surface area contributed by atoms with Crippen molar-refractivity contribution in [1.82, 2.24) is 19.4 Å². The highest BCUT2D eigenvalue weighted by atomic mass is 19.4. The van der Waals surface area contributed by atoms with Crippen LogP contribution in [0.25, 0.3) is 22.0 Å². The molecule has 0 unspecified atom stereocenters. The quantitative estimate of drug-likeness (QED) is 0.119. The Labute approximate surface area is 285 Å². The van der Waals surface area contributed by atoms with Gasteiger partial charge in [-0.25, -0.2) is 13.2 Å². The van der Waals surface area contributed by atoms with Crippen molar-refractivity contribution in [3.63, 3.8) is 0 Å². The minimum atomic E-state index is -4.43. The van der Waals surface area contributed by atoms with Gasteiger partial charge in [-0.2, -0.15) is 18.2 Å². The molecule has 0 saturated carbocycles. The van der Waals surface area contributed by atoms with Crippen LogP contribution in [-0.4, -0.2) is 51.4 Å². The Morgan fingerprint density at radius 1 is 0.820 bits per heavy atom. The van der Waals surface area contributed by atoms with E-state index >= 15 is 0 Å². The molecule has 50 heavy (non-hydrogen) atoms. The van der Waals surface area contributed by atoms with Gasteiger partial charge in [-0.15, -0.1) is 0 Å². The monoisotopic (exact) mass is 694 g/mol. The summed E-state index contributed by atoms with van der Waals surface area (Å²) in [5.41, 5.74) is 1.01. The molecule has 0 radical (unpaired) electrons. The average Bonchev–Trinajstić information content (AvgIpc) is 3.10. The third-order valence-electron chi connectivity index (χ3n) is 8.77. The number of halogens is 6. The fourth-order valence-electron chi connectivity index (χ4n) is 5.85. The summed E-state index contributed by atoms with van der Waals surface area (Å²) in [6.45, 7) is 6.42. The summed E-state index contributed by atoms with van der Waals surface area (Å²) in [4.78, 5) is 35.1. The standard InChI is InChI=1S/C38H36F6N4O2/c1-3-46(4-2)20-21-47(23-25-8-10-26(11-9-25)27-12-15-29(16-13-27)38(42,43)44)35(49)24-48-33-18-17-30(39)22-31(33)37(50)45-34(48)19-14-28-6-5-7-32(40)36(28)41/h5-13,15-18,22H,3-4,14,19-21,23-24H2,1-2H3. The highest BCUT2D eigenvalue weighted by Crippen LogP contribution is 2.31. The van der Waals surface area contributed by atoms with Crippen LogP contribution in [0.3, 0.4) is 0 Å². The molecule has 6 nitrogen and oxygen atoms in total. The van der Waals surface area contributed by atoms with Gasteiger partial charge in [0.25, 0.3) is 5.56 Å². The van der Waals surface area contributed by atoms with E-state index in [0.717, 1.165) is 42.9 Å². The van der Waals surface area contributed by atoms with E-state index in [2.05, 4.69) is 9.88 Å². The Bertz CT molecular complexity index is 2010. The van der Waals surface area contributed by atoms with E-state index in [4.69, 9.17) is 0 Å². The van der Waals surface area contributed by atoms with Crippen molar-refractivity contribution in [2.75, 3.05) is 26.2 Å². The highest BCUT2D eigenvalue weighted by Gasteiger charge is 2.30. The maximum absolute atomic E-state index is 14.5. The van der Waals surface area contributed by atoms with Crippen LogP contribution in [-0.2, 0) is 36.9 Å². The minimum absolute atomic E-state index is 0.00106. The number of nitrogens with zero attached hydrogens (tertiary/aromatic N) is 4. The second-order valence-corrected chi connectivity index (χ2v) is 11.9. The molecule has 0 aliphatic rings. The number of fused-ring (bicyclic) bond motifs is 1. The first-order valence-corrected chi connectivity index (χ1v) is 16.3. The molecular formula is C38H36F6N4O2. The van der Waals surface area contributed by atoms with Crippen molar-refractivity contribution in [2.24, 2.45) is 0 Å². The van der Waals surface area contributed by atoms with Crippen LogP contribution in [0.4, 0.5) is 26.3 Å². The first kappa shape index (κ1) is 36.3. The summed E-state index contributed by atoms with van der Waals surface area (Å²) < 4.78 is 83.2. The number of aryl methyl sites for hydroxylation is 2. The summed E-state index contributed by atoms with van der Waals surface area (Å²) in [6.07, 6.45) is -4.44. The number of amides is 1. The Morgan fingerprint density at radius 2 is 1.48 bits per heavy atom. The van der Waals surface area contributed by atoms with Gasteiger partial charge in [-0.05, 0) is 78.2 Å². The number of benzene rings is 4. The van der Waals surface area contributed by atoms with Gasteiger partial charge in [0.2, 0.25) is 5.91 Å². The number of hydrogen-bond donors (Lipinski definition) is 0. The largest absolute Gasteiger partial charge is 0.416 e. The summed E-state index contributed by atoms with van der Waals surface area (Å²) in [5.74, 6) is -2.82. The second kappa shape index (κ2) is 15.7. The van der Waals surface area contributed by atoms with Crippen LogP contribution >= 0.6 is 0 Å². The zero-order chi connectivity index (χ0) is 36.0. The molecular weight excluding hydrogens is 658 g/mol. The zero-order valence-electron chi connectivity index (χ0n) is 27.6.